The first kappa shape index (κ1) is 21.9. The van der Waals surface area contributed by atoms with Gasteiger partial charge in [0.1, 0.15) is 5.76 Å². The number of amides is 3. The smallest absolute Gasteiger partial charge is 0.267 e. The van der Waals surface area contributed by atoms with Crippen LogP contribution in [0.15, 0.2) is 52.0 Å². The first-order valence-electron chi connectivity index (χ1n) is 10.1. The summed E-state index contributed by atoms with van der Waals surface area (Å²) in [7, 11) is 0. The maximum absolute atomic E-state index is 13.2. The van der Waals surface area contributed by atoms with E-state index in [9.17, 15) is 14.4 Å². The molecule has 2 heterocycles. The second-order valence-electron chi connectivity index (χ2n) is 7.15. The van der Waals surface area contributed by atoms with Crippen molar-refractivity contribution in [2.75, 3.05) is 11.9 Å². The maximum atomic E-state index is 13.2. The number of hydrogen-bond acceptors (Lipinski definition) is 5. The third-order valence-corrected chi connectivity index (χ3v) is 5.89. The Labute approximate surface area is 180 Å². The number of nitrogens with one attached hydrogen (secondary N) is 1. The van der Waals surface area contributed by atoms with Crippen LogP contribution < -0.4 is 5.32 Å². The first-order chi connectivity index (χ1) is 14.5. The van der Waals surface area contributed by atoms with E-state index < -0.39 is 0 Å². The van der Waals surface area contributed by atoms with E-state index in [0.29, 0.717) is 34.0 Å². The molecular formula is C23H26N2O4S. The summed E-state index contributed by atoms with van der Waals surface area (Å²) in [6.45, 7) is 3.99. The summed E-state index contributed by atoms with van der Waals surface area (Å²) >= 11 is 1.32. The summed E-state index contributed by atoms with van der Waals surface area (Å²) in [5.74, 6) is 0.551. The Hall–Kier alpha value is -2.80. The second kappa shape index (κ2) is 10.3. The summed E-state index contributed by atoms with van der Waals surface area (Å²) in [6, 6.07) is 10.6. The van der Waals surface area contributed by atoms with Crippen molar-refractivity contribution in [1.29, 1.82) is 0 Å². The van der Waals surface area contributed by atoms with Crippen molar-refractivity contribution in [3.63, 3.8) is 0 Å². The zero-order valence-electron chi connectivity index (χ0n) is 17.3. The standard InChI is InChI=1S/C23H26N2O4S/c1-3-4-5-6-13-25-22(27)20(17-9-11-18(12-10-17)24-16(2)26)21(23(25)28)30-15-19-8-7-14-29-19/h7-12,14H,3-6,13,15H2,1-2H3,(H,24,26). The van der Waals surface area contributed by atoms with Gasteiger partial charge < -0.3 is 9.73 Å². The number of unbranched alkanes of at least 4 members (excludes halogenated alkanes) is 3. The van der Waals surface area contributed by atoms with Crippen LogP contribution in [0.5, 0.6) is 0 Å². The Kier molecular flexibility index (Phi) is 7.52. The highest BCUT2D eigenvalue weighted by molar-refractivity contribution is 8.03. The molecule has 3 rings (SSSR count). The molecule has 158 valence electrons. The summed E-state index contributed by atoms with van der Waals surface area (Å²) < 4.78 is 5.37. The summed E-state index contributed by atoms with van der Waals surface area (Å²) in [5.41, 5.74) is 1.73. The predicted octanol–water partition coefficient (Wildman–Crippen LogP) is 4.83. The topological polar surface area (TPSA) is 79.6 Å². The molecule has 7 heteroatoms. The molecule has 0 saturated heterocycles. The van der Waals surface area contributed by atoms with Gasteiger partial charge in [0, 0.05) is 19.2 Å². The van der Waals surface area contributed by atoms with E-state index in [1.165, 1.54) is 23.6 Å². The molecule has 0 radical (unpaired) electrons. The highest BCUT2D eigenvalue weighted by Crippen LogP contribution is 2.38. The number of carbonyl (C=O) groups is 3. The second-order valence-corrected chi connectivity index (χ2v) is 8.14. The quantitative estimate of drug-likeness (QED) is 0.435. The van der Waals surface area contributed by atoms with Crippen molar-refractivity contribution in [3.8, 4) is 0 Å². The van der Waals surface area contributed by atoms with Crippen LogP contribution in [0.4, 0.5) is 5.69 Å². The molecule has 0 bridgehead atoms. The van der Waals surface area contributed by atoms with Crippen LogP contribution >= 0.6 is 11.8 Å². The molecule has 30 heavy (non-hydrogen) atoms. The van der Waals surface area contributed by atoms with Gasteiger partial charge in [-0.1, -0.05) is 38.3 Å². The van der Waals surface area contributed by atoms with Crippen LogP contribution in [0, 0.1) is 0 Å². The van der Waals surface area contributed by atoms with E-state index in [1.807, 2.05) is 6.07 Å². The number of hydrogen-bond donors (Lipinski definition) is 1. The van der Waals surface area contributed by atoms with Gasteiger partial charge >= 0.3 is 0 Å². The molecule has 1 aliphatic heterocycles. The molecule has 1 aromatic heterocycles. The summed E-state index contributed by atoms with van der Waals surface area (Å²) in [5, 5.41) is 2.71. The van der Waals surface area contributed by atoms with Crippen LogP contribution in [0.25, 0.3) is 5.57 Å². The number of benzene rings is 1. The SMILES string of the molecule is CCCCCCN1C(=O)C(SCc2ccco2)=C(c2ccc(NC(C)=O)cc2)C1=O. The molecular weight excluding hydrogens is 400 g/mol. The minimum absolute atomic E-state index is 0.165. The zero-order valence-corrected chi connectivity index (χ0v) is 18.1. The number of thioether (sulfide) groups is 1. The Morgan fingerprint density at radius 1 is 1.07 bits per heavy atom. The van der Waals surface area contributed by atoms with E-state index in [1.54, 1.807) is 36.6 Å². The molecule has 0 spiro atoms. The number of nitrogens with zero attached hydrogens (tertiary/aromatic N) is 1. The van der Waals surface area contributed by atoms with Crippen molar-refractivity contribution in [2.24, 2.45) is 0 Å². The van der Waals surface area contributed by atoms with E-state index in [4.69, 9.17) is 4.42 Å². The molecule has 2 aromatic rings. The number of carbonyl (C=O) groups excluding carboxylic acids is 3. The number of anilines is 1. The highest BCUT2D eigenvalue weighted by atomic mass is 32.2. The van der Waals surface area contributed by atoms with Crippen molar-refractivity contribution in [2.45, 2.75) is 45.3 Å². The minimum Gasteiger partial charge on any atom is -0.468 e. The first-order valence-corrected chi connectivity index (χ1v) is 11.1. The van der Waals surface area contributed by atoms with Crippen LogP contribution in [-0.2, 0) is 20.1 Å². The average Bonchev–Trinajstić information content (AvgIpc) is 3.31. The Balaban J connectivity index is 1.85. The van der Waals surface area contributed by atoms with Crippen LogP contribution in [0.2, 0.25) is 0 Å². The lowest BCUT2D eigenvalue weighted by Crippen LogP contribution is -2.32. The fraction of sp³-hybridized carbons (Fsp3) is 0.348. The number of furan rings is 1. The van der Waals surface area contributed by atoms with Crippen molar-refractivity contribution in [1.82, 2.24) is 4.90 Å². The van der Waals surface area contributed by atoms with E-state index in [2.05, 4.69) is 12.2 Å². The van der Waals surface area contributed by atoms with E-state index in [-0.39, 0.29) is 17.7 Å². The van der Waals surface area contributed by atoms with Crippen molar-refractivity contribution in [3.05, 3.63) is 58.9 Å². The highest BCUT2D eigenvalue weighted by Gasteiger charge is 2.38. The molecule has 1 N–H and O–H groups in total. The lowest BCUT2D eigenvalue weighted by Gasteiger charge is -2.15. The van der Waals surface area contributed by atoms with Gasteiger partial charge in [0.05, 0.1) is 22.5 Å². The zero-order chi connectivity index (χ0) is 21.5. The lowest BCUT2D eigenvalue weighted by atomic mass is 10.1. The van der Waals surface area contributed by atoms with E-state index in [0.717, 1.165) is 31.4 Å². The minimum atomic E-state index is -0.259. The molecule has 0 unspecified atom stereocenters. The largest absolute Gasteiger partial charge is 0.468 e. The number of rotatable bonds is 10. The third-order valence-electron chi connectivity index (χ3n) is 4.79. The molecule has 1 aromatic carbocycles. The Morgan fingerprint density at radius 3 is 2.47 bits per heavy atom. The van der Waals surface area contributed by atoms with Gasteiger partial charge in [-0.05, 0) is 36.2 Å². The Morgan fingerprint density at radius 2 is 1.83 bits per heavy atom. The molecule has 0 aliphatic carbocycles. The molecule has 0 saturated carbocycles. The van der Waals surface area contributed by atoms with Gasteiger partial charge in [-0.15, -0.1) is 11.8 Å². The normalized spacial score (nSPS) is 14.0. The van der Waals surface area contributed by atoms with Crippen LogP contribution in [0.3, 0.4) is 0 Å². The van der Waals surface area contributed by atoms with Gasteiger partial charge in [-0.2, -0.15) is 0 Å². The van der Waals surface area contributed by atoms with Gasteiger partial charge in [0.25, 0.3) is 11.8 Å². The average molecular weight is 427 g/mol. The predicted molar refractivity (Wildman–Crippen MR) is 119 cm³/mol. The van der Waals surface area contributed by atoms with E-state index >= 15 is 0 Å². The lowest BCUT2D eigenvalue weighted by molar-refractivity contribution is -0.136. The third kappa shape index (κ3) is 5.21. The summed E-state index contributed by atoms with van der Waals surface area (Å²) in [6.07, 6.45) is 5.56. The van der Waals surface area contributed by atoms with Crippen LogP contribution in [0.1, 0.15) is 50.9 Å². The van der Waals surface area contributed by atoms with Gasteiger partial charge in [0.15, 0.2) is 0 Å². The fourth-order valence-corrected chi connectivity index (χ4v) is 4.34. The molecule has 0 fully saturated rings. The monoisotopic (exact) mass is 426 g/mol. The van der Waals surface area contributed by atoms with Gasteiger partial charge in [-0.3, -0.25) is 19.3 Å². The summed E-state index contributed by atoms with van der Waals surface area (Å²) in [4.78, 5) is 39.3. The van der Waals surface area contributed by atoms with Crippen molar-refractivity contribution < 1.29 is 18.8 Å². The van der Waals surface area contributed by atoms with Gasteiger partial charge in [0.2, 0.25) is 5.91 Å². The number of imide groups is 1. The molecule has 3 amide bonds. The Bertz CT molecular complexity index is 933. The molecule has 0 atom stereocenters. The van der Waals surface area contributed by atoms with Crippen LogP contribution in [-0.4, -0.2) is 29.2 Å². The fourth-order valence-electron chi connectivity index (χ4n) is 3.30. The maximum Gasteiger partial charge on any atom is 0.267 e. The van der Waals surface area contributed by atoms with Crippen molar-refractivity contribution >= 4 is 40.7 Å². The molecule has 1 aliphatic rings. The van der Waals surface area contributed by atoms with Gasteiger partial charge in [-0.25, -0.2) is 0 Å². The molecule has 6 nitrogen and oxygen atoms in total.